The number of alkyl halides is 1. The van der Waals surface area contributed by atoms with Crippen LogP contribution in [0.1, 0.15) is 51.9 Å². The second-order valence-corrected chi connectivity index (χ2v) is 4.34. The Balaban J connectivity index is 2.86. The lowest BCUT2D eigenvalue weighted by Crippen LogP contribution is -1.89. The number of rotatable bonds is 8. The van der Waals surface area contributed by atoms with Crippen molar-refractivity contribution < 1.29 is 4.79 Å². The summed E-state index contributed by atoms with van der Waals surface area (Å²) in [6.07, 6.45) is 8.49. The summed E-state index contributed by atoms with van der Waals surface area (Å²) in [6.45, 7) is 1.68. The zero-order chi connectivity index (χ0) is 9.23. The van der Waals surface area contributed by atoms with Gasteiger partial charge in [-0.25, -0.2) is 0 Å². The van der Waals surface area contributed by atoms with Gasteiger partial charge in [-0.05, 0) is 24.2 Å². The van der Waals surface area contributed by atoms with Gasteiger partial charge in [0.15, 0.2) is 0 Å². The molecule has 0 bridgehead atoms. The number of hydrogen-bond donors (Lipinski definition) is 0. The van der Waals surface area contributed by atoms with Gasteiger partial charge in [-0.3, -0.25) is 0 Å². The first-order valence-corrected chi connectivity index (χ1v) is 6.35. The topological polar surface area (TPSA) is 17.1 Å². The van der Waals surface area contributed by atoms with Crippen LogP contribution in [0.5, 0.6) is 0 Å². The summed E-state index contributed by atoms with van der Waals surface area (Å²) in [5, 5.41) is 0. The third-order valence-corrected chi connectivity index (χ3v) is 2.68. The minimum absolute atomic E-state index is 0.335. The Hall–Kier alpha value is 0.400. The van der Waals surface area contributed by atoms with Crippen molar-refractivity contribution in [1.29, 1.82) is 0 Å². The van der Waals surface area contributed by atoms with Crippen molar-refractivity contribution in [2.45, 2.75) is 51.9 Å². The van der Waals surface area contributed by atoms with Gasteiger partial charge in [-0.15, -0.1) is 0 Å². The van der Waals surface area contributed by atoms with Crippen molar-refractivity contribution in [3.63, 3.8) is 0 Å². The van der Waals surface area contributed by atoms with E-state index in [-0.39, 0.29) is 0 Å². The summed E-state index contributed by atoms with van der Waals surface area (Å²) in [4.78, 5) is 10.6. The maximum absolute atomic E-state index is 10.6. The fourth-order valence-corrected chi connectivity index (χ4v) is 1.71. The van der Waals surface area contributed by atoms with Gasteiger partial charge in [0, 0.05) is 6.42 Å². The van der Waals surface area contributed by atoms with Gasteiger partial charge in [0.05, 0.1) is 0 Å². The fourth-order valence-electron chi connectivity index (χ4n) is 1.18. The second kappa shape index (κ2) is 9.49. The van der Waals surface area contributed by atoms with Gasteiger partial charge in [0.25, 0.3) is 0 Å². The smallest absolute Gasteiger partial charge is 0.129 e. The lowest BCUT2D eigenvalue weighted by Gasteiger charge is -1.98. The van der Waals surface area contributed by atoms with Gasteiger partial charge >= 0.3 is 0 Å². The van der Waals surface area contributed by atoms with Crippen LogP contribution < -0.4 is 0 Å². The quantitative estimate of drug-likeness (QED) is 0.376. The molecule has 1 nitrogen and oxygen atoms in total. The minimum Gasteiger partial charge on any atom is -0.300 e. The van der Waals surface area contributed by atoms with Crippen LogP contribution in [0.15, 0.2) is 0 Å². The third-order valence-electron chi connectivity index (χ3n) is 1.91. The van der Waals surface area contributed by atoms with Gasteiger partial charge in [-0.2, -0.15) is 0 Å². The fraction of sp³-hybridized carbons (Fsp3) is 0.900. The molecule has 0 N–H and O–H groups in total. The maximum atomic E-state index is 10.6. The first kappa shape index (κ1) is 12.4. The predicted octanol–water partition coefficient (Wildman–Crippen LogP) is 3.74. The molecule has 0 saturated carbocycles. The molecule has 0 fully saturated rings. The molecule has 0 heterocycles. The van der Waals surface area contributed by atoms with E-state index in [1.165, 1.54) is 36.5 Å². The summed E-state index contributed by atoms with van der Waals surface area (Å²) in [7, 11) is 0. The Morgan fingerprint density at radius 2 is 1.50 bits per heavy atom. The first-order valence-electron chi connectivity index (χ1n) is 4.82. The van der Waals surface area contributed by atoms with Crippen LogP contribution in [0.4, 0.5) is 0 Å². The van der Waals surface area contributed by atoms with E-state index < -0.39 is 0 Å². The molecule has 0 aromatic rings. The van der Waals surface area contributed by atoms with E-state index in [4.69, 9.17) is 0 Å². The average Bonchev–Trinajstić information content (AvgIpc) is 2.02. The van der Waals surface area contributed by atoms with E-state index in [2.05, 4.69) is 22.6 Å². The molecule has 72 valence electrons. The number of ketones is 1. The van der Waals surface area contributed by atoms with Crippen LogP contribution >= 0.6 is 22.6 Å². The molecule has 0 radical (unpaired) electrons. The monoisotopic (exact) mass is 282 g/mol. The lowest BCUT2D eigenvalue weighted by molar-refractivity contribution is -0.117. The second-order valence-electron chi connectivity index (χ2n) is 3.26. The maximum Gasteiger partial charge on any atom is 0.129 e. The number of Topliss-reactive ketones (excluding diaryl/α,β-unsaturated/α-hetero) is 1. The molecule has 2 heteroatoms. The molecule has 0 saturated heterocycles. The van der Waals surface area contributed by atoms with Crippen LogP contribution in [-0.4, -0.2) is 10.2 Å². The number of halogens is 1. The molecule has 0 spiro atoms. The number of hydrogen-bond acceptors (Lipinski definition) is 1. The van der Waals surface area contributed by atoms with E-state index >= 15 is 0 Å². The van der Waals surface area contributed by atoms with Crippen LogP contribution in [0.25, 0.3) is 0 Å². The Labute approximate surface area is 89.4 Å². The lowest BCUT2D eigenvalue weighted by atomic mass is 10.1. The SMILES string of the molecule is CC(=O)CCCCCCCCI. The molecule has 0 aliphatic heterocycles. The molecule has 0 aromatic carbocycles. The molecule has 0 aliphatic rings. The van der Waals surface area contributed by atoms with Gasteiger partial charge < -0.3 is 4.79 Å². The summed E-state index contributed by atoms with van der Waals surface area (Å²) in [6, 6.07) is 0. The molecule has 0 aliphatic carbocycles. The van der Waals surface area contributed by atoms with Gasteiger partial charge in [0.1, 0.15) is 5.78 Å². The van der Waals surface area contributed by atoms with Gasteiger partial charge in [-0.1, -0.05) is 48.3 Å². The summed E-state index contributed by atoms with van der Waals surface area (Å²) >= 11 is 2.42. The van der Waals surface area contributed by atoms with Crippen molar-refractivity contribution >= 4 is 28.4 Å². The molecular formula is C10H19IO. The largest absolute Gasteiger partial charge is 0.300 e. The van der Waals surface area contributed by atoms with Crippen LogP contribution in [0.3, 0.4) is 0 Å². The van der Waals surface area contributed by atoms with Gasteiger partial charge in [0.2, 0.25) is 0 Å². The summed E-state index contributed by atoms with van der Waals surface area (Å²) in [5.74, 6) is 0.335. The standard InChI is InChI=1S/C10H19IO/c1-10(12)8-6-4-2-3-5-7-9-11/h2-9H2,1H3. The normalized spacial score (nSPS) is 10.2. The van der Waals surface area contributed by atoms with E-state index in [0.29, 0.717) is 5.78 Å². The molecular weight excluding hydrogens is 263 g/mol. The van der Waals surface area contributed by atoms with E-state index in [9.17, 15) is 4.79 Å². The first-order chi connectivity index (χ1) is 5.77. The van der Waals surface area contributed by atoms with Crippen LogP contribution in [-0.2, 0) is 4.79 Å². The van der Waals surface area contributed by atoms with Crippen molar-refractivity contribution in [1.82, 2.24) is 0 Å². The van der Waals surface area contributed by atoms with Crippen molar-refractivity contribution in [2.24, 2.45) is 0 Å². The van der Waals surface area contributed by atoms with Crippen molar-refractivity contribution in [3.05, 3.63) is 0 Å². The van der Waals surface area contributed by atoms with Crippen molar-refractivity contribution in [3.8, 4) is 0 Å². The predicted molar refractivity (Wildman–Crippen MR) is 61.9 cm³/mol. The van der Waals surface area contributed by atoms with E-state index in [1.54, 1.807) is 6.92 Å². The average molecular weight is 282 g/mol. The molecule has 0 amide bonds. The summed E-state index contributed by atoms with van der Waals surface area (Å²) in [5.41, 5.74) is 0. The number of unbranched alkanes of at least 4 members (excludes halogenated alkanes) is 5. The molecule has 0 aromatic heterocycles. The Morgan fingerprint density at radius 1 is 1.00 bits per heavy atom. The Morgan fingerprint density at radius 3 is 2.00 bits per heavy atom. The van der Waals surface area contributed by atoms with Crippen LogP contribution in [0, 0.1) is 0 Å². The van der Waals surface area contributed by atoms with E-state index in [0.717, 1.165) is 12.8 Å². The molecule has 12 heavy (non-hydrogen) atoms. The zero-order valence-electron chi connectivity index (χ0n) is 7.94. The third kappa shape index (κ3) is 10.4. The van der Waals surface area contributed by atoms with Crippen molar-refractivity contribution in [2.75, 3.05) is 4.43 Å². The molecule has 0 rings (SSSR count). The zero-order valence-corrected chi connectivity index (χ0v) is 10.1. The Bertz CT molecular complexity index is 112. The van der Waals surface area contributed by atoms with Crippen LogP contribution in [0.2, 0.25) is 0 Å². The Kier molecular flexibility index (Phi) is 9.80. The highest BCUT2D eigenvalue weighted by atomic mass is 127. The summed E-state index contributed by atoms with van der Waals surface area (Å²) < 4.78 is 1.28. The highest BCUT2D eigenvalue weighted by Crippen LogP contribution is 2.08. The molecule has 0 atom stereocenters. The number of carbonyl (C=O) groups excluding carboxylic acids is 1. The minimum atomic E-state index is 0.335. The van der Waals surface area contributed by atoms with E-state index in [1.807, 2.05) is 0 Å². The molecule has 0 unspecified atom stereocenters. The highest BCUT2D eigenvalue weighted by molar-refractivity contribution is 14.1. The highest BCUT2D eigenvalue weighted by Gasteiger charge is 1.93. The number of carbonyl (C=O) groups is 1.